The lowest BCUT2D eigenvalue weighted by atomic mass is 10.2. The molecule has 0 radical (unpaired) electrons. The minimum atomic E-state index is 0.0730. The van der Waals surface area contributed by atoms with Crippen LogP contribution >= 0.6 is 11.8 Å². The molecule has 17 heavy (non-hydrogen) atoms. The molecule has 0 bridgehead atoms. The van der Waals surface area contributed by atoms with E-state index in [4.69, 9.17) is 0 Å². The second-order valence-electron chi connectivity index (χ2n) is 3.63. The van der Waals surface area contributed by atoms with Gasteiger partial charge in [-0.3, -0.25) is 9.59 Å². The van der Waals surface area contributed by atoms with E-state index in [1.807, 2.05) is 31.2 Å². The van der Waals surface area contributed by atoms with Crippen LogP contribution in [0.5, 0.6) is 0 Å². The number of thioether (sulfide) groups is 1. The second-order valence-corrected chi connectivity index (χ2v) is 4.80. The molecule has 0 fully saturated rings. The van der Waals surface area contributed by atoms with E-state index in [0.29, 0.717) is 13.0 Å². The molecule has 4 heteroatoms. The first kappa shape index (κ1) is 13.8. The Morgan fingerprint density at radius 1 is 1.24 bits per heavy atom. The van der Waals surface area contributed by atoms with Crippen LogP contribution < -0.4 is 5.32 Å². The van der Waals surface area contributed by atoms with Gasteiger partial charge in [-0.15, -0.1) is 11.8 Å². The van der Waals surface area contributed by atoms with Crippen LogP contribution in [-0.4, -0.2) is 24.0 Å². The van der Waals surface area contributed by atoms with Crippen molar-refractivity contribution in [3.05, 3.63) is 29.8 Å². The first-order chi connectivity index (χ1) is 8.13. The molecule has 0 unspecified atom stereocenters. The fraction of sp³-hybridized carbons (Fsp3) is 0.385. The van der Waals surface area contributed by atoms with Crippen molar-refractivity contribution < 1.29 is 9.59 Å². The molecule has 0 aliphatic carbocycles. The van der Waals surface area contributed by atoms with Gasteiger partial charge in [0.1, 0.15) is 0 Å². The van der Waals surface area contributed by atoms with Gasteiger partial charge in [0.15, 0.2) is 5.78 Å². The highest BCUT2D eigenvalue weighted by molar-refractivity contribution is 7.99. The van der Waals surface area contributed by atoms with Crippen molar-refractivity contribution in [1.82, 2.24) is 5.32 Å². The largest absolute Gasteiger partial charge is 0.356 e. The van der Waals surface area contributed by atoms with E-state index < -0.39 is 0 Å². The Bertz CT molecular complexity index is 387. The molecule has 0 saturated heterocycles. The molecule has 0 atom stereocenters. The standard InChI is InChI=1S/C13H17NO2S/c1-3-14-13(16)8-9-17-12-6-4-11(5-7-12)10(2)15/h4-7H,3,8-9H2,1-2H3,(H,14,16). The van der Waals surface area contributed by atoms with Crippen LogP contribution in [0.2, 0.25) is 0 Å². The lowest BCUT2D eigenvalue weighted by Crippen LogP contribution is -2.22. The average Bonchev–Trinajstić information content (AvgIpc) is 2.30. The first-order valence-electron chi connectivity index (χ1n) is 5.64. The summed E-state index contributed by atoms with van der Waals surface area (Å²) in [6.45, 7) is 4.14. The van der Waals surface area contributed by atoms with E-state index in [1.165, 1.54) is 0 Å². The number of hydrogen-bond donors (Lipinski definition) is 1. The Labute approximate surface area is 106 Å². The topological polar surface area (TPSA) is 46.2 Å². The van der Waals surface area contributed by atoms with Crippen molar-refractivity contribution in [3.63, 3.8) is 0 Å². The van der Waals surface area contributed by atoms with Crippen LogP contribution in [0.3, 0.4) is 0 Å². The van der Waals surface area contributed by atoms with Gasteiger partial charge in [0, 0.05) is 29.2 Å². The highest BCUT2D eigenvalue weighted by atomic mass is 32.2. The SMILES string of the molecule is CCNC(=O)CCSc1ccc(C(C)=O)cc1. The van der Waals surface area contributed by atoms with E-state index in [1.54, 1.807) is 18.7 Å². The Morgan fingerprint density at radius 2 is 1.88 bits per heavy atom. The van der Waals surface area contributed by atoms with Crippen molar-refractivity contribution >= 4 is 23.5 Å². The number of carbonyl (C=O) groups excluding carboxylic acids is 2. The summed E-state index contributed by atoms with van der Waals surface area (Å²) in [4.78, 5) is 23.4. The maximum atomic E-state index is 11.2. The predicted molar refractivity (Wildman–Crippen MR) is 70.5 cm³/mol. The summed E-state index contributed by atoms with van der Waals surface area (Å²) in [5.74, 6) is 0.912. The quantitative estimate of drug-likeness (QED) is 0.624. The summed E-state index contributed by atoms with van der Waals surface area (Å²) in [5.41, 5.74) is 0.720. The minimum Gasteiger partial charge on any atom is -0.356 e. The number of rotatable bonds is 6. The van der Waals surface area contributed by atoms with Gasteiger partial charge < -0.3 is 5.32 Å². The summed E-state index contributed by atoms with van der Waals surface area (Å²) < 4.78 is 0. The first-order valence-corrected chi connectivity index (χ1v) is 6.62. The van der Waals surface area contributed by atoms with Gasteiger partial charge in [-0.05, 0) is 26.0 Å². The Balaban J connectivity index is 2.37. The molecule has 0 aromatic heterocycles. The minimum absolute atomic E-state index is 0.0730. The Kier molecular flexibility index (Phi) is 5.77. The Hall–Kier alpha value is -1.29. The lowest BCUT2D eigenvalue weighted by Gasteiger charge is -2.03. The molecular weight excluding hydrogens is 234 g/mol. The molecular formula is C13H17NO2S. The molecule has 92 valence electrons. The Morgan fingerprint density at radius 3 is 2.41 bits per heavy atom. The molecule has 0 aliphatic heterocycles. The third-order valence-electron chi connectivity index (χ3n) is 2.23. The van der Waals surface area contributed by atoms with Crippen LogP contribution in [0, 0.1) is 0 Å². The van der Waals surface area contributed by atoms with E-state index in [2.05, 4.69) is 5.32 Å². The maximum absolute atomic E-state index is 11.2. The molecule has 1 aromatic carbocycles. The van der Waals surface area contributed by atoms with Gasteiger partial charge in [-0.1, -0.05) is 12.1 Å². The highest BCUT2D eigenvalue weighted by Gasteiger charge is 2.02. The third kappa shape index (κ3) is 5.04. The van der Waals surface area contributed by atoms with Gasteiger partial charge in [0.05, 0.1) is 0 Å². The second kappa shape index (κ2) is 7.12. The molecule has 1 aromatic rings. The zero-order chi connectivity index (χ0) is 12.7. The molecule has 0 heterocycles. The summed E-state index contributed by atoms with van der Waals surface area (Å²) in [5, 5.41) is 2.76. The number of amides is 1. The van der Waals surface area contributed by atoms with Crippen LogP contribution in [0.25, 0.3) is 0 Å². The van der Waals surface area contributed by atoms with Crippen LogP contribution in [-0.2, 0) is 4.79 Å². The molecule has 3 nitrogen and oxygen atoms in total. The molecule has 0 saturated carbocycles. The van der Waals surface area contributed by atoms with Crippen molar-refractivity contribution in [1.29, 1.82) is 0 Å². The van der Waals surface area contributed by atoms with Crippen molar-refractivity contribution in [2.45, 2.75) is 25.2 Å². The molecule has 1 rings (SSSR count). The number of carbonyl (C=O) groups is 2. The van der Waals surface area contributed by atoms with Gasteiger partial charge in [0.2, 0.25) is 5.91 Å². The summed E-state index contributed by atoms with van der Waals surface area (Å²) in [6.07, 6.45) is 0.521. The molecule has 1 amide bonds. The number of hydrogen-bond acceptors (Lipinski definition) is 3. The number of nitrogens with one attached hydrogen (secondary N) is 1. The monoisotopic (exact) mass is 251 g/mol. The predicted octanol–water partition coefficient (Wildman–Crippen LogP) is 2.51. The van der Waals surface area contributed by atoms with E-state index >= 15 is 0 Å². The molecule has 1 N–H and O–H groups in total. The summed E-state index contributed by atoms with van der Waals surface area (Å²) in [7, 11) is 0. The number of benzene rings is 1. The van der Waals surface area contributed by atoms with E-state index in [-0.39, 0.29) is 11.7 Å². The molecule has 0 aliphatic rings. The zero-order valence-electron chi connectivity index (χ0n) is 10.2. The number of Topliss-reactive ketones (excluding diaryl/α,β-unsaturated/α-hetero) is 1. The van der Waals surface area contributed by atoms with Crippen molar-refractivity contribution in [3.8, 4) is 0 Å². The van der Waals surface area contributed by atoms with Gasteiger partial charge in [-0.25, -0.2) is 0 Å². The van der Waals surface area contributed by atoms with Crippen molar-refractivity contribution in [2.24, 2.45) is 0 Å². The number of ketones is 1. The average molecular weight is 251 g/mol. The van der Waals surface area contributed by atoms with Crippen LogP contribution in [0.15, 0.2) is 29.2 Å². The van der Waals surface area contributed by atoms with Gasteiger partial charge in [0.25, 0.3) is 0 Å². The zero-order valence-corrected chi connectivity index (χ0v) is 11.0. The summed E-state index contributed by atoms with van der Waals surface area (Å²) in [6, 6.07) is 7.46. The molecule has 0 spiro atoms. The normalized spacial score (nSPS) is 10.0. The highest BCUT2D eigenvalue weighted by Crippen LogP contribution is 2.19. The van der Waals surface area contributed by atoms with E-state index in [9.17, 15) is 9.59 Å². The van der Waals surface area contributed by atoms with Crippen molar-refractivity contribution in [2.75, 3.05) is 12.3 Å². The summed E-state index contributed by atoms with van der Waals surface area (Å²) >= 11 is 1.62. The van der Waals surface area contributed by atoms with Gasteiger partial charge >= 0.3 is 0 Å². The van der Waals surface area contributed by atoms with Crippen LogP contribution in [0.1, 0.15) is 30.6 Å². The fourth-order valence-corrected chi connectivity index (χ4v) is 2.18. The smallest absolute Gasteiger partial charge is 0.220 e. The maximum Gasteiger partial charge on any atom is 0.220 e. The van der Waals surface area contributed by atoms with E-state index in [0.717, 1.165) is 16.2 Å². The van der Waals surface area contributed by atoms with Gasteiger partial charge in [-0.2, -0.15) is 0 Å². The lowest BCUT2D eigenvalue weighted by molar-refractivity contribution is -0.120. The fourth-order valence-electron chi connectivity index (χ4n) is 1.33. The van der Waals surface area contributed by atoms with Crippen LogP contribution in [0.4, 0.5) is 0 Å². The third-order valence-corrected chi connectivity index (χ3v) is 3.25.